The van der Waals surface area contributed by atoms with Crippen molar-refractivity contribution in [2.45, 2.75) is 38.6 Å². The van der Waals surface area contributed by atoms with E-state index in [9.17, 15) is 4.79 Å². The topological polar surface area (TPSA) is 55.6 Å². The fraction of sp³-hybridized carbons (Fsp3) is 0.533. The van der Waals surface area contributed by atoms with E-state index in [4.69, 9.17) is 10.5 Å². The van der Waals surface area contributed by atoms with Crippen LogP contribution in [0.5, 0.6) is 5.75 Å². The molecule has 1 heterocycles. The van der Waals surface area contributed by atoms with E-state index in [0.29, 0.717) is 13.0 Å². The number of carbonyl (C=O) groups excluding carboxylic acids is 1. The molecule has 1 aromatic carbocycles. The molecule has 0 saturated heterocycles. The minimum absolute atomic E-state index is 0.0926. The van der Waals surface area contributed by atoms with Gasteiger partial charge in [-0.2, -0.15) is 0 Å². The van der Waals surface area contributed by atoms with Crippen LogP contribution in [0, 0.1) is 0 Å². The average molecular weight is 262 g/mol. The molecular weight excluding hydrogens is 240 g/mol. The maximum absolute atomic E-state index is 11.8. The third-order valence-corrected chi connectivity index (χ3v) is 3.39. The summed E-state index contributed by atoms with van der Waals surface area (Å²) in [5, 5.41) is 0. The second kappa shape index (κ2) is 5.21. The third kappa shape index (κ3) is 3.47. The van der Waals surface area contributed by atoms with Gasteiger partial charge >= 0.3 is 0 Å². The van der Waals surface area contributed by atoms with Gasteiger partial charge in [-0.25, -0.2) is 0 Å². The third-order valence-electron chi connectivity index (χ3n) is 3.39. The molecule has 1 aliphatic rings. The average Bonchev–Trinajstić information content (AvgIpc) is 2.47. The van der Waals surface area contributed by atoms with Gasteiger partial charge in [0.25, 0.3) is 0 Å². The summed E-state index contributed by atoms with van der Waals surface area (Å²) in [6.07, 6.45) is 2.24. The predicted molar refractivity (Wildman–Crippen MR) is 76.6 cm³/mol. The Kier molecular flexibility index (Phi) is 3.80. The van der Waals surface area contributed by atoms with Gasteiger partial charge in [-0.3, -0.25) is 4.79 Å². The van der Waals surface area contributed by atoms with Gasteiger partial charge in [-0.15, -0.1) is 0 Å². The first-order valence-corrected chi connectivity index (χ1v) is 6.68. The van der Waals surface area contributed by atoms with Crippen LogP contribution in [-0.4, -0.2) is 25.1 Å². The van der Waals surface area contributed by atoms with Crippen molar-refractivity contribution < 1.29 is 9.53 Å². The Morgan fingerprint density at radius 2 is 2.16 bits per heavy atom. The number of nitrogens with two attached hydrogens (primary N) is 1. The van der Waals surface area contributed by atoms with Crippen LogP contribution in [0.25, 0.3) is 0 Å². The summed E-state index contributed by atoms with van der Waals surface area (Å²) in [6, 6.07) is 6.03. The molecule has 0 saturated carbocycles. The summed E-state index contributed by atoms with van der Waals surface area (Å²) in [6.45, 7) is 4.50. The van der Waals surface area contributed by atoms with Crippen molar-refractivity contribution in [2.24, 2.45) is 5.73 Å². The van der Waals surface area contributed by atoms with Gasteiger partial charge in [0, 0.05) is 12.6 Å². The lowest BCUT2D eigenvalue weighted by molar-refractivity contribution is -0.118. The number of anilines is 1. The fourth-order valence-electron chi connectivity index (χ4n) is 2.12. The van der Waals surface area contributed by atoms with Crippen molar-refractivity contribution in [2.75, 3.05) is 18.6 Å². The maximum atomic E-state index is 11.8. The van der Waals surface area contributed by atoms with Crippen LogP contribution in [0.1, 0.15) is 32.3 Å². The number of hydrogen-bond donors (Lipinski definition) is 1. The van der Waals surface area contributed by atoms with Crippen molar-refractivity contribution in [1.29, 1.82) is 0 Å². The van der Waals surface area contributed by atoms with E-state index in [1.165, 1.54) is 5.56 Å². The van der Waals surface area contributed by atoms with Crippen LogP contribution in [0.15, 0.2) is 18.2 Å². The number of carbonyl (C=O) groups is 1. The van der Waals surface area contributed by atoms with Crippen LogP contribution >= 0.6 is 0 Å². The summed E-state index contributed by atoms with van der Waals surface area (Å²) in [4.78, 5) is 13.5. The first-order chi connectivity index (χ1) is 8.87. The number of hydrogen-bond acceptors (Lipinski definition) is 3. The molecule has 0 spiro atoms. The molecule has 2 N–H and O–H groups in total. The first kappa shape index (κ1) is 13.9. The van der Waals surface area contributed by atoms with E-state index in [0.717, 1.165) is 24.3 Å². The molecule has 0 unspecified atom stereocenters. The molecule has 0 atom stereocenters. The SMILES string of the molecule is CN1C(=O)CCOc2ccc(CCC(C)(C)N)cc21. The Bertz CT molecular complexity index is 478. The molecule has 2 rings (SSSR count). The molecule has 0 aromatic heterocycles. The van der Waals surface area contributed by atoms with Crippen molar-refractivity contribution in [1.82, 2.24) is 0 Å². The van der Waals surface area contributed by atoms with Gasteiger partial charge in [0.05, 0.1) is 18.7 Å². The number of ether oxygens (including phenoxy) is 1. The van der Waals surface area contributed by atoms with E-state index >= 15 is 0 Å². The fourth-order valence-corrected chi connectivity index (χ4v) is 2.12. The van der Waals surface area contributed by atoms with Gasteiger partial charge in [0.2, 0.25) is 5.91 Å². The van der Waals surface area contributed by atoms with E-state index < -0.39 is 0 Å². The van der Waals surface area contributed by atoms with Crippen LogP contribution in [0.4, 0.5) is 5.69 Å². The van der Waals surface area contributed by atoms with Gasteiger partial charge in [0.15, 0.2) is 0 Å². The summed E-state index contributed by atoms with van der Waals surface area (Å²) in [5.41, 5.74) is 7.87. The predicted octanol–water partition coefficient (Wildman–Crippen LogP) is 2.10. The van der Waals surface area contributed by atoms with Crippen LogP contribution < -0.4 is 15.4 Å². The van der Waals surface area contributed by atoms with Gasteiger partial charge < -0.3 is 15.4 Å². The maximum Gasteiger partial charge on any atom is 0.230 e. The first-order valence-electron chi connectivity index (χ1n) is 6.68. The minimum Gasteiger partial charge on any atom is -0.491 e. The number of benzene rings is 1. The standard InChI is InChI=1S/C15H22N2O2/c1-15(2,16)8-6-11-4-5-13-12(10-11)17(3)14(18)7-9-19-13/h4-5,10H,6-9,16H2,1-3H3. The highest BCUT2D eigenvalue weighted by Gasteiger charge is 2.20. The van der Waals surface area contributed by atoms with Crippen molar-refractivity contribution in [3.05, 3.63) is 23.8 Å². The second-order valence-corrected chi connectivity index (χ2v) is 5.84. The lowest BCUT2D eigenvalue weighted by Gasteiger charge is -2.20. The molecule has 1 aromatic rings. The lowest BCUT2D eigenvalue weighted by atomic mass is 9.96. The van der Waals surface area contributed by atoms with Gasteiger partial charge in [-0.1, -0.05) is 6.07 Å². The summed E-state index contributed by atoms with van der Waals surface area (Å²) in [7, 11) is 1.80. The Morgan fingerprint density at radius 1 is 1.42 bits per heavy atom. The highest BCUT2D eigenvalue weighted by Crippen LogP contribution is 2.32. The smallest absolute Gasteiger partial charge is 0.230 e. The van der Waals surface area contributed by atoms with Crippen molar-refractivity contribution >= 4 is 11.6 Å². The van der Waals surface area contributed by atoms with Crippen molar-refractivity contribution in [3.63, 3.8) is 0 Å². The molecule has 0 fully saturated rings. The molecule has 1 amide bonds. The van der Waals surface area contributed by atoms with E-state index in [-0.39, 0.29) is 11.4 Å². The number of aryl methyl sites for hydroxylation is 1. The molecule has 0 aliphatic carbocycles. The molecular formula is C15H22N2O2. The van der Waals surface area contributed by atoms with E-state index in [1.807, 2.05) is 32.0 Å². The Morgan fingerprint density at radius 3 is 2.84 bits per heavy atom. The molecule has 4 nitrogen and oxygen atoms in total. The van der Waals surface area contributed by atoms with E-state index in [2.05, 4.69) is 0 Å². The number of fused-ring (bicyclic) bond motifs is 1. The van der Waals surface area contributed by atoms with Gasteiger partial charge in [-0.05, 0) is 44.4 Å². The molecule has 19 heavy (non-hydrogen) atoms. The quantitative estimate of drug-likeness (QED) is 0.907. The zero-order valence-electron chi connectivity index (χ0n) is 11.9. The van der Waals surface area contributed by atoms with Crippen LogP contribution in [0.3, 0.4) is 0 Å². The molecule has 0 radical (unpaired) electrons. The zero-order chi connectivity index (χ0) is 14.0. The Labute approximate surface area is 114 Å². The Balaban J connectivity index is 2.22. The van der Waals surface area contributed by atoms with Crippen LogP contribution in [0.2, 0.25) is 0 Å². The lowest BCUT2D eigenvalue weighted by Crippen LogP contribution is -2.32. The number of rotatable bonds is 3. The molecule has 0 bridgehead atoms. The minimum atomic E-state index is -0.176. The summed E-state index contributed by atoms with van der Waals surface area (Å²) >= 11 is 0. The summed E-state index contributed by atoms with van der Waals surface area (Å²) in [5.74, 6) is 0.874. The number of nitrogens with zero attached hydrogens (tertiary/aromatic N) is 1. The summed E-state index contributed by atoms with van der Waals surface area (Å²) < 4.78 is 5.60. The largest absolute Gasteiger partial charge is 0.491 e. The monoisotopic (exact) mass is 262 g/mol. The Hall–Kier alpha value is -1.55. The number of amides is 1. The molecule has 1 aliphatic heterocycles. The van der Waals surface area contributed by atoms with Crippen molar-refractivity contribution in [3.8, 4) is 5.75 Å². The molecule has 104 valence electrons. The normalized spacial score (nSPS) is 15.8. The second-order valence-electron chi connectivity index (χ2n) is 5.84. The zero-order valence-corrected chi connectivity index (χ0v) is 11.9. The highest BCUT2D eigenvalue weighted by molar-refractivity contribution is 5.95. The van der Waals surface area contributed by atoms with E-state index in [1.54, 1.807) is 11.9 Å². The van der Waals surface area contributed by atoms with Gasteiger partial charge in [0.1, 0.15) is 5.75 Å². The highest BCUT2D eigenvalue weighted by atomic mass is 16.5. The van der Waals surface area contributed by atoms with Crippen LogP contribution in [-0.2, 0) is 11.2 Å². The molecule has 4 heteroatoms.